The molecule has 9 heteroatoms. The fourth-order valence-electron chi connectivity index (χ4n) is 7.06. The van der Waals surface area contributed by atoms with Crippen molar-refractivity contribution in [3.63, 3.8) is 0 Å². The average Bonchev–Trinajstić information content (AvgIpc) is 3.72. The molecule has 1 aliphatic carbocycles. The molecule has 0 spiro atoms. The Morgan fingerprint density at radius 2 is 1.84 bits per heavy atom. The Kier molecular flexibility index (Phi) is 8.50. The van der Waals surface area contributed by atoms with Crippen LogP contribution >= 0.6 is 0 Å². The van der Waals surface area contributed by atoms with Crippen molar-refractivity contribution in [1.82, 2.24) is 0 Å². The van der Waals surface area contributed by atoms with Crippen molar-refractivity contribution < 1.29 is 33.9 Å². The van der Waals surface area contributed by atoms with Crippen LogP contribution in [0, 0.1) is 17.8 Å². The third-order valence-corrected chi connectivity index (χ3v) is 8.96. The molecular weight excluding hydrogens is 545 g/mol. The maximum atomic E-state index is 13.9. The quantitative estimate of drug-likeness (QED) is 0.187. The van der Waals surface area contributed by atoms with E-state index in [1.165, 1.54) is 22.1 Å². The molecule has 0 radical (unpaired) electrons. The number of carbonyl (C=O) groups excluding carboxylic acids is 2. The summed E-state index contributed by atoms with van der Waals surface area (Å²) in [5.41, 5.74) is 5.16. The van der Waals surface area contributed by atoms with Crippen LogP contribution in [0.1, 0.15) is 56.1 Å². The molecule has 3 aliphatic rings. The van der Waals surface area contributed by atoms with Crippen LogP contribution in [0.15, 0.2) is 82.3 Å². The molecule has 3 aromatic rings. The largest absolute Gasteiger partial charge is 0.488 e. The molecule has 2 fully saturated rings. The number of nitrogens with zero attached hydrogens (tertiary/aromatic N) is 1. The van der Waals surface area contributed by atoms with Gasteiger partial charge in [0.1, 0.15) is 18.1 Å². The molecule has 0 saturated carbocycles. The normalized spacial score (nSPS) is 23.6. The lowest BCUT2D eigenvalue weighted by Crippen LogP contribution is -2.35. The van der Waals surface area contributed by atoms with E-state index in [1.54, 1.807) is 24.3 Å². The summed E-state index contributed by atoms with van der Waals surface area (Å²) in [7, 11) is -1.69. The van der Waals surface area contributed by atoms with Crippen LogP contribution < -0.4 is 10.4 Å². The molecule has 3 N–H and O–H groups in total. The van der Waals surface area contributed by atoms with E-state index in [4.69, 9.17) is 9.15 Å². The second-order valence-electron chi connectivity index (χ2n) is 11.6. The minimum Gasteiger partial charge on any atom is -0.459 e. The molecule has 0 unspecified atom stereocenters. The van der Waals surface area contributed by atoms with Crippen LogP contribution in [0.5, 0.6) is 0 Å². The van der Waals surface area contributed by atoms with Crippen LogP contribution in [0.4, 0.5) is 5.69 Å². The van der Waals surface area contributed by atoms with Gasteiger partial charge in [-0.2, -0.15) is 0 Å². The summed E-state index contributed by atoms with van der Waals surface area (Å²) in [5, 5.41) is 28.8. The van der Waals surface area contributed by atoms with Crippen LogP contribution in [-0.2, 0) is 20.9 Å². The summed E-state index contributed by atoms with van der Waals surface area (Å²) in [6.45, 7) is 2.36. The van der Waals surface area contributed by atoms with E-state index in [0.717, 1.165) is 24.0 Å². The predicted octanol–water partition coefficient (Wildman–Crippen LogP) is 4.09. The topological polar surface area (TPSA) is 120 Å². The molecule has 4 atom stereocenters. The SMILES string of the molecule is CCCC1=C2[C@@H](CC/C(=C/c3ccc(CO)o3)c3ccccc3)OC[C@@H]2[C@@H]2C(=O)N(c3cccc(B(O)O)c3)C(=O)[C@@H]2C1. The van der Waals surface area contributed by atoms with E-state index in [9.17, 15) is 24.7 Å². The fourth-order valence-corrected chi connectivity index (χ4v) is 7.06. The molecule has 3 heterocycles. The first kappa shape index (κ1) is 29.3. The number of ether oxygens (including phenoxy) is 1. The maximum Gasteiger partial charge on any atom is 0.488 e. The van der Waals surface area contributed by atoms with Crippen molar-refractivity contribution in [3.05, 3.63) is 95.0 Å². The number of furan rings is 1. The highest BCUT2D eigenvalue weighted by Gasteiger charge is 2.57. The Bertz CT molecular complexity index is 1560. The van der Waals surface area contributed by atoms with Gasteiger partial charge in [0.15, 0.2) is 0 Å². The molecular formula is C34H36BNO7. The number of rotatable bonds is 10. The van der Waals surface area contributed by atoms with E-state index < -0.39 is 19.0 Å². The van der Waals surface area contributed by atoms with Crippen LogP contribution in [0.3, 0.4) is 0 Å². The summed E-state index contributed by atoms with van der Waals surface area (Å²) < 4.78 is 12.2. The van der Waals surface area contributed by atoms with Crippen LogP contribution in [0.2, 0.25) is 0 Å². The van der Waals surface area contributed by atoms with Gasteiger partial charge in [0, 0.05) is 5.92 Å². The summed E-state index contributed by atoms with van der Waals surface area (Å²) >= 11 is 0. The van der Waals surface area contributed by atoms with Gasteiger partial charge in [-0.05, 0) is 78.2 Å². The number of allylic oxidation sites excluding steroid dienone is 2. The van der Waals surface area contributed by atoms with Gasteiger partial charge in [-0.25, -0.2) is 0 Å². The lowest BCUT2D eigenvalue weighted by Gasteiger charge is -2.32. The van der Waals surface area contributed by atoms with Crippen molar-refractivity contribution in [1.29, 1.82) is 0 Å². The third-order valence-electron chi connectivity index (χ3n) is 8.96. The molecule has 8 nitrogen and oxygen atoms in total. The Hall–Kier alpha value is -3.76. The number of carbonyl (C=O) groups is 2. The first-order valence-corrected chi connectivity index (χ1v) is 15.0. The zero-order valence-corrected chi connectivity index (χ0v) is 24.2. The van der Waals surface area contributed by atoms with Gasteiger partial charge in [-0.1, -0.05) is 61.4 Å². The Morgan fingerprint density at radius 1 is 1.02 bits per heavy atom. The van der Waals surface area contributed by atoms with Gasteiger partial charge in [0.05, 0.1) is 30.2 Å². The first-order valence-electron chi connectivity index (χ1n) is 15.0. The van der Waals surface area contributed by atoms with Gasteiger partial charge >= 0.3 is 7.12 Å². The monoisotopic (exact) mass is 581 g/mol. The van der Waals surface area contributed by atoms with Gasteiger partial charge in [0.2, 0.25) is 11.8 Å². The van der Waals surface area contributed by atoms with Gasteiger partial charge in [-0.15, -0.1) is 0 Å². The van der Waals surface area contributed by atoms with Crippen LogP contribution in [0.25, 0.3) is 11.6 Å². The number of benzene rings is 2. The average molecular weight is 581 g/mol. The zero-order chi connectivity index (χ0) is 30.1. The number of aliphatic hydroxyl groups excluding tert-OH is 1. The number of aliphatic hydroxyl groups is 1. The molecule has 0 bridgehead atoms. The van der Waals surface area contributed by atoms with Gasteiger partial charge < -0.3 is 24.3 Å². The number of fused-ring (bicyclic) bond motifs is 3. The highest BCUT2D eigenvalue weighted by atomic mass is 16.5. The molecule has 2 saturated heterocycles. The van der Waals surface area contributed by atoms with Crippen molar-refractivity contribution in [2.45, 2.75) is 51.7 Å². The van der Waals surface area contributed by atoms with Gasteiger partial charge in [0.25, 0.3) is 0 Å². The van der Waals surface area contributed by atoms with Gasteiger partial charge in [-0.3, -0.25) is 14.5 Å². The number of amides is 2. The number of anilines is 1. The summed E-state index contributed by atoms with van der Waals surface area (Å²) in [4.78, 5) is 28.8. The summed E-state index contributed by atoms with van der Waals surface area (Å²) in [5.74, 6) is -0.412. The van der Waals surface area contributed by atoms with Crippen molar-refractivity contribution in [2.75, 3.05) is 11.5 Å². The third kappa shape index (κ3) is 5.66. The molecule has 2 aliphatic heterocycles. The Labute approximate surface area is 251 Å². The fraction of sp³-hybridized carbons (Fsp3) is 0.353. The second kappa shape index (κ2) is 12.5. The van der Waals surface area contributed by atoms with Crippen molar-refractivity contribution in [3.8, 4) is 0 Å². The first-order chi connectivity index (χ1) is 20.9. The Balaban J connectivity index is 1.27. The van der Waals surface area contributed by atoms with E-state index in [-0.39, 0.29) is 35.9 Å². The molecule has 43 heavy (non-hydrogen) atoms. The van der Waals surface area contributed by atoms with E-state index >= 15 is 0 Å². The van der Waals surface area contributed by atoms with Crippen LogP contribution in [-0.4, -0.2) is 46.8 Å². The van der Waals surface area contributed by atoms with E-state index in [2.05, 4.69) is 19.1 Å². The highest BCUT2D eigenvalue weighted by Crippen LogP contribution is 2.51. The minimum atomic E-state index is -1.69. The highest BCUT2D eigenvalue weighted by molar-refractivity contribution is 6.58. The molecule has 2 amide bonds. The summed E-state index contributed by atoms with van der Waals surface area (Å²) in [6.07, 6.45) is 5.59. The standard InChI is InChI=1S/C34H36BNO7/c1-2-7-23-17-28-32(34(39)36(33(28)38)25-11-6-10-24(18-25)35(40)41)29-20-42-30(31(23)29)15-12-22(21-8-4-3-5-9-21)16-26-13-14-27(19-37)43-26/h3-6,8-11,13-14,16,18,28-30,32,37,40-41H,2,7,12,15,17,19-20H2,1H3/b22-16-/t28-,29+,30-,32-/m1/s1. The predicted molar refractivity (Wildman–Crippen MR) is 164 cm³/mol. The van der Waals surface area contributed by atoms with Crippen molar-refractivity contribution >= 4 is 41.7 Å². The molecule has 1 aromatic heterocycles. The summed E-state index contributed by atoms with van der Waals surface area (Å²) in [6, 6.07) is 20.1. The van der Waals surface area contributed by atoms with Crippen molar-refractivity contribution in [2.24, 2.45) is 17.8 Å². The number of imide groups is 1. The molecule has 6 rings (SSSR count). The molecule has 2 aromatic carbocycles. The van der Waals surface area contributed by atoms with E-state index in [1.807, 2.05) is 30.3 Å². The lowest BCUT2D eigenvalue weighted by molar-refractivity contribution is -0.122. The lowest BCUT2D eigenvalue weighted by atomic mass is 9.68. The minimum absolute atomic E-state index is 0.157. The molecule has 222 valence electrons. The van der Waals surface area contributed by atoms with E-state index in [0.29, 0.717) is 43.1 Å². The Morgan fingerprint density at radius 3 is 2.56 bits per heavy atom. The smallest absolute Gasteiger partial charge is 0.459 e. The maximum absolute atomic E-state index is 13.9. The zero-order valence-electron chi connectivity index (χ0n) is 24.2. The number of hydrogen-bond donors (Lipinski definition) is 3. The number of hydrogen-bond acceptors (Lipinski definition) is 7. The second-order valence-corrected chi connectivity index (χ2v) is 11.6.